The van der Waals surface area contributed by atoms with E-state index in [9.17, 15) is 0 Å². The van der Waals surface area contributed by atoms with Crippen molar-refractivity contribution in [3.63, 3.8) is 0 Å². The van der Waals surface area contributed by atoms with Crippen LogP contribution in [-0.2, 0) is 6.42 Å². The maximum Gasteiger partial charge on any atom is 0.159 e. The molecule has 0 saturated carbocycles. The first-order chi connectivity index (χ1) is 15.3. The average molecular weight is 419 g/mol. The van der Waals surface area contributed by atoms with Crippen LogP contribution in [0.5, 0.6) is 0 Å². The second kappa shape index (κ2) is 11.5. The normalized spacial score (nSPS) is 15.3. The smallest absolute Gasteiger partial charge is 0.159 e. The number of fused-ring (bicyclic) bond motifs is 1. The first kappa shape index (κ1) is 22.8. The number of aliphatic imine (C=N–C) groups is 1. The van der Waals surface area contributed by atoms with Crippen LogP contribution >= 0.6 is 0 Å². The van der Waals surface area contributed by atoms with Crippen molar-refractivity contribution in [1.29, 1.82) is 0 Å². The van der Waals surface area contributed by atoms with Crippen LogP contribution in [0.25, 0.3) is 11.2 Å². The zero-order valence-corrected chi connectivity index (χ0v) is 19.2. The maximum atomic E-state index is 4.68. The zero-order valence-electron chi connectivity index (χ0n) is 19.2. The van der Waals surface area contributed by atoms with Crippen LogP contribution in [0, 0.1) is 0 Å². The van der Waals surface area contributed by atoms with Crippen molar-refractivity contribution in [2.24, 2.45) is 4.99 Å². The van der Waals surface area contributed by atoms with Crippen LogP contribution in [0.1, 0.15) is 69.1 Å². The molecule has 1 saturated heterocycles. The van der Waals surface area contributed by atoms with Gasteiger partial charge in [-0.15, -0.1) is 0 Å². The number of hydrogen-bond donors (Lipinski definition) is 1. The molecule has 1 N–H and O–H groups in total. The molecule has 6 nitrogen and oxygen atoms in total. The van der Waals surface area contributed by atoms with E-state index < -0.39 is 0 Å². The summed E-state index contributed by atoms with van der Waals surface area (Å²) in [5.41, 5.74) is 6.41. The summed E-state index contributed by atoms with van der Waals surface area (Å²) in [6.45, 7) is 11.0. The molecule has 0 amide bonds. The second-order valence-electron chi connectivity index (χ2n) is 7.37. The van der Waals surface area contributed by atoms with E-state index in [1.807, 2.05) is 58.7 Å². The lowest BCUT2D eigenvalue weighted by molar-refractivity contribution is 0.453. The fourth-order valence-electron chi connectivity index (χ4n) is 3.93. The lowest BCUT2D eigenvalue weighted by Crippen LogP contribution is -2.27. The van der Waals surface area contributed by atoms with Gasteiger partial charge in [0.05, 0.1) is 17.6 Å². The van der Waals surface area contributed by atoms with Crippen LogP contribution in [0.3, 0.4) is 0 Å². The number of nitrogens with one attached hydrogen (secondary N) is 1. The van der Waals surface area contributed by atoms with E-state index in [0.717, 1.165) is 61.5 Å². The highest BCUT2D eigenvalue weighted by molar-refractivity contribution is 6.09. The highest BCUT2D eigenvalue weighted by Gasteiger charge is 2.17. The minimum Gasteiger partial charge on any atom is -0.317 e. The molecular formula is C25H34N6. The molecular weight excluding hydrogens is 384 g/mol. The first-order valence-corrected chi connectivity index (χ1v) is 11.4. The second-order valence-corrected chi connectivity index (χ2v) is 7.37. The van der Waals surface area contributed by atoms with Gasteiger partial charge >= 0.3 is 0 Å². The Kier molecular flexibility index (Phi) is 8.47. The number of allylic oxidation sites excluding steroid dienone is 2. The van der Waals surface area contributed by atoms with E-state index in [-0.39, 0.29) is 0 Å². The van der Waals surface area contributed by atoms with Crippen molar-refractivity contribution in [2.75, 3.05) is 19.6 Å². The summed E-state index contributed by atoms with van der Waals surface area (Å²) in [7, 11) is 0. The van der Waals surface area contributed by atoms with Gasteiger partial charge in [0.1, 0.15) is 0 Å². The van der Waals surface area contributed by atoms with Crippen molar-refractivity contribution in [3.8, 4) is 0 Å². The Morgan fingerprint density at radius 3 is 2.74 bits per heavy atom. The Bertz CT molecular complexity index is 1030. The van der Waals surface area contributed by atoms with Crippen LogP contribution in [-0.4, -0.2) is 45.2 Å². The third-order valence-corrected chi connectivity index (χ3v) is 5.50. The molecule has 0 bridgehead atoms. The number of pyridine rings is 1. The quantitative estimate of drug-likeness (QED) is 0.589. The predicted molar refractivity (Wildman–Crippen MR) is 129 cm³/mol. The fourth-order valence-corrected chi connectivity index (χ4v) is 3.93. The Hall–Kier alpha value is -2.86. The molecule has 31 heavy (non-hydrogen) atoms. The molecule has 0 unspecified atom stereocenters. The van der Waals surface area contributed by atoms with Gasteiger partial charge in [-0.05, 0) is 57.5 Å². The van der Waals surface area contributed by atoms with Crippen LogP contribution in [0.2, 0.25) is 0 Å². The molecule has 3 aromatic heterocycles. The molecule has 3 aromatic rings. The summed E-state index contributed by atoms with van der Waals surface area (Å²) < 4.78 is 2.11. The summed E-state index contributed by atoms with van der Waals surface area (Å²) in [6, 6.07) is 4.33. The third kappa shape index (κ3) is 5.44. The monoisotopic (exact) mass is 418 g/mol. The van der Waals surface area contributed by atoms with Gasteiger partial charge in [-0.3, -0.25) is 19.4 Å². The Morgan fingerprint density at radius 1 is 1.19 bits per heavy atom. The minimum atomic E-state index is 0.549. The topological polar surface area (TPSA) is 67.5 Å². The summed E-state index contributed by atoms with van der Waals surface area (Å²) >= 11 is 0. The van der Waals surface area contributed by atoms with Gasteiger partial charge in [0, 0.05) is 55.0 Å². The highest BCUT2D eigenvalue weighted by Crippen LogP contribution is 2.25. The summed E-state index contributed by atoms with van der Waals surface area (Å²) in [4.78, 5) is 18.3. The molecule has 1 fully saturated rings. The zero-order chi connectivity index (χ0) is 22.1. The van der Waals surface area contributed by atoms with Crippen molar-refractivity contribution in [1.82, 2.24) is 24.7 Å². The van der Waals surface area contributed by atoms with E-state index in [1.54, 1.807) is 0 Å². The first-order valence-electron chi connectivity index (χ1n) is 11.4. The molecule has 4 rings (SSSR count). The third-order valence-electron chi connectivity index (χ3n) is 5.50. The number of hydrogen-bond acceptors (Lipinski definition) is 5. The van der Waals surface area contributed by atoms with E-state index in [4.69, 9.17) is 0 Å². The molecule has 1 aliphatic rings. The fraction of sp³-hybridized carbons (Fsp3) is 0.440. The van der Waals surface area contributed by atoms with Gasteiger partial charge in [-0.25, -0.2) is 4.98 Å². The minimum absolute atomic E-state index is 0.549. The largest absolute Gasteiger partial charge is 0.317 e. The predicted octanol–water partition coefficient (Wildman–Crippen LogP) is 4.70. The van der Waals surface area contributed by atoms with E-state index >= 15 is 0 Å². The van der Waals surface area contributed by atoms with Gasteiger partial charge in [-0.2, -0.15) is 0 Å². The number of aromatic nitrogens is 4. The number of imidazole rings is 1. The van der Waals surface area contributed by atoms with Crippen molar-refractivity contribution in [3.05, 3.63) is 65.6 Å². The summed E-state index contributed by atoms with van der Waals surface area (Å²) in [5, 5.41) is 3.43. The lowest BCUT2D eigenvalue weighted by atomic mass is 9.93. The Morgan fingerprint density at radius 2 is 2.00 bits per heavy atom. The summed E-state index contributed by atoms with van der Waals surface area (Å²) in [6.07, 6.45) is 14.7. The molecule has 0 radical (unpaired) electrons. The molecule has 6 heteroatoms. The molecule has 0 spiro atoms. The average Bonchev–Trinajstić information content (AvgIpc) is 3.27. The van der Waals surface area contributed by atoms with Crippen LogP contribution in [0.4, 0.5) is 0 Å². The van der Waals surface area contributed by atoms with E-state index in [0.29, 0.717) is 5.92 Å². The Labute approximate surface area is 185 Å². The number of rotatable bonds is 6. The SMILES string of the molecule is C/C=C(\C=NCC)c1cnc2c(Cc3ccnc(C4CCNCC4)c3)nccn12.CC. The molecule has 164 valence electrons. The maximum absolute atomic E-state index is 4.68. The molecule has 4 heterocycles. The van der Waals surface area contributed by atoms with Gasteiger partial charge in [-0.1, -0.05) is 19.9 Å². The summed E-state index contributed by atoms with van der Waals surface area (Å²) in [5.74, 6) is 0.549. The van der Waals surface area contributed by atoms with Gasteiger partial charge in [0.2, 0.25) is 0 Å². The van der Waals surface area contributed by atoms with Crippen LogP contribution in [0.15, 0.2) is 48.0 Å². The Balaban J connectivity index is 0.00000132. The van der Waals surface area contributed by atoms with Crippen molar-refractivity contribution >= 4 is 17.4 Å². The van der Waals surface area contributed by atoms with E-state index in [2.05, 4.69) is 47.9 Å². The number of piperidine rings is 1. The molecule has 0 atom stereocenters. The van der Waals surface area contributed by atoms with Gasteiger partial charge < -0.3 is 5.32 Å². The highest BCUT2D eigenvalue weighted by atomic mass is 15.0. The molecule has 1 aliphatic heterocycles. The van der Waals surface area contributed by atoms with E-state index in [1.165, 1.54) is 11.3 Å². The van der Waals surface area contributed by atoms with Crippen molar-refractivity contribution < 1.29 is 0 Å². The lowest BCUT2D eigenvalue weighted by Gasteiger charge is -2.22. The van der Waals surface area contributed by atoms with Crippen molar-refractivity contribution in [2.45, 2.75) is 52.9 Å². The number of nitrogens with zero attached hydrogens (tertiary/aromatic N) is 5. The molecule has 0 aromatic carbocycles. The van der Waals surface area contributed by atoms with Gasteiger partial charge in [0.25, 0.3) is 0 Å². The standard InChI is InChI=1S/C23H28N6.C2H6/c1-3-18(15-24-4-2)22-16-28-23-21(27-11-12-29(22)23)14-17-5-10-26-20(13-17)19-6-8-25-9-7-19;1-2/h3,5,10-13,15-16,19,25H,4,6-9,14H2,1-2H3;1-2H3/b18-3+,24-15?;. The van der Waals surface area contributed by atoms with Gasteiger partial charge in [0.15, 0.2) is 5.65 Å². The molecule has 0 aliphatic carbocycles. The van der Waals surface area contributed by atoms with Crippen LogP contribution < -0.4 is 5.32 Å².